The molecular weight excluding hydrogens is 233 g/mol. The summed E-state index contributed by atoms with van der Waals surface area (Å²) in [5.41, 5.74) is 0.944. The van der Waals surface area contributed by atoms with E-state index in [2.05, 4.69) is 10.6 Å². The zero-order chi connectivity index (χ0) is 13.0. The van der Waals surface area contributed by atoms with Gasteiger partial charge in [-0.15, -0.1) is 0 Å². The van der Waals surface area contributed by atoms with Crippen molar-refractivity contribution in [2.75, 3.05) is 6.54 Å². The Morgan fingerprint density at radius 2 is 2.22 bits per heavy atom. The number of nitrogens with one attached hydrogen (secondary N) is 2. The number of nitrogens with zero attached hydrogens (tertiary/aromatic N) is 1. The van der Waals surface area contributed by atoms with E-state index in [1.54, 1.807) is 6.07 Å². The van der Waals surface area contributed by atoms with E-state index in [0.717, 1.165) is 12.8 Å². The van der Waals surface area contributed by atoms with Crippen molar-refractivity contribution in [3.8, 4) is 6.07 Å². The Kier molecular flexibility index (Phi) is 3.90. The first-order chi connectivity index (χ1) is 8.67. The molecule has 1 amide bonds. The number of carbonyl (C=O) groups excluding carboxylic acids is 1. The number of hydrogen-bond acceptors (Lipinski definition) is 3. The summed E-state index contributed by atoms with van der Waals surface area (Å²) < 4.78 is 13.1. The van der Waals surface area contributed by atoms with E-state index in [-0.39, 0.29) is 18.0 Å². The van der Waals surface area contributed by atoms with E-state index >= 15 is 0 Å². The maximum absolute atomic E-state index is 13.1. The van der Waals surface area contributed by atoms with Crippen LogP contribution in [0.1, 0.15) is 24.0 Å². The number of nitriles is 1. The first kappa shape index (κ1) is 12.5. The van der Waals surface area contributed by atoms with E-state index in [1.165, 1.54) is 12.1 Å². The highest BCUT2D eigenvalue weighted by molar-refractivity contribution is 5.78. The van der Waals surface area contributed by atoms with E-state index in [9.17, 15) is 9.18 Å². The van der Waals surface area contributed by atoms with E-state index < -0.39 is 5.82 Å². The molecule has 1 fully saturated rings. The summed E-state index contributed by atoms with van der Waals surface area (Å²) in [6.45, 7) is 0.569. The number of halogens is 1. The second-order valence-corrected chi connectivity index (χ2v) is 4.41. The lowest BCUT2D eigenvalue weighted by molar-refractivity contribution is -0.120. The molecule has 2 rings (SSSR count). The van der Waals surface area contributed by atoms with Crippen LogP contribution in [-0.2, 0) is 11.3 Å². The molecule has 1 aromatic carbocycles. The lowest BCUT2D eigenvalue weighted by Gasteiger charge is -2.06. The summed E-state index contributed by atoms with van der Waals surface area (Å²) >= 11 is 0. The molecule has 0 unspecified atom stereocenters. The second-order valence-electron chi connectivity index (χ2n) is 4.41. The Morgan fingerprint density at radius 1 is 1.44 bits per heavy atom. The van der Waals surface area contributed by atoms with Crippen LogP contribution in [-0.4, -0.2) is 18.5 Å². The van der Waals surface area contributed by atoms with E-state index in [0.29, 0.717) is 18.2 Å². The van der Waals surface area contributed by atoms with Gasteiger partial charge in [-0.2, -0.15) is 5.26 Å². The summed E-state index contributed by atoms with van der Waals surface area (Å²) in [5.74, 6) is -0.484. The zero-order valence-electron chi connectivity index (χ0n) is 9.87. The maximum Gasteiger partial charge on any atom is 0.234 e. The van der Waals surface area contributed by atoms with Gasteiger partial charge in [0.05, 0.1) is 18.2 Å². The monoisotopic (exact) mass is 247 g/mol. The lowest BCUT2D eigenvalue weighted by Crippen LogP contribution is -2.34. The fourth-order valence-electron chi connectivity index (χ4n) is 1.64. The molecule has 0 atom stereocenters. The van der Waals surface area contributed by atoms with Crippen molar-refractivity contribution >= 4 is 5.91 Å². The van der Waals surface area contributed by atoms with Crippen molar-refractivity contribution < 1.29 is 9.18 Å². The molecule has 0 radical (unpaired) electrons. The summed E-state index contributed by atoms with van der Waals surface area (Å²) in [6.07, 6.45) is 2.11. The molecule has 0 aromatic heterocycles. The molecule has 1 aliphatic rings. The van der Waals surface area contributed by atoms with Crippen molar-refractivity contribution in [2.24, 2.45) is 0 Å². The van der Waals surface area contributed by atoms with Crippen LogP contribution in [0, 0.1) is 17.1 Å². The van der Waals surface area contributed by atoms with Gasteiger partial charge in [0, 0.05) is 12.6 Å². The Morgan fingerprint density at radius 3 is 2.89 bits per heavy atom. The average Bonchev–Trinajstić information content (AvgIpc) is 3.12. The minimum atomic E-state index is -0.437. The molecule has 5 heteroatoms. The van der Waals surface area contributed by atoms with Crippen molar-refractivity contribution in [1.29, 1.82) is 5.26 Å². The zero-order valence-corrected chi connectivity index (χ0v) is 9.87. The minimum absolute atomic E-state index is 0.0468. The van der Waals surface area contributed by atoms with Crippen molar-refractivity contribution in [3.05, 3.63) is 35.1 Å². The molecule has 1 saturated carbocycles. The lowest BCUT2D eigenvalue weighted by atomic mass is 10.1. The Hall–Kier alpha value is -1.93. The standard InChI is InChI=1S/C13H14FN3O/c14-11-4-9(6-15)3-10(5-11)7-16-8-13(18)17-12-1-2-12/h3-5,12,16H,1-2,7-8H2,(H,17,18). The normalized spacial score (nSPS) is 14.0. The second kappa shape index (κ2) is 5.61. The Balaban J connectivity index is 1.80. The van der Waals surface area contributed by atoms with Crippen molar-refractivity contribution in [2.45, 2.75) is 25.4 Å². The number of carbonyl (C=O) groups is 1. The molecular formula is C13H14FN3O. The fraction of sp³-hybridized carbons (Fsp3) is 0.385. The predicted octanol–water partition coefficient (Wildman–Crippen LogP) is 1.07. The molecule has 0 spiro atoms. The first-order valence-corrected chi connectivity index (χ1v) is 5.87. The highest BCUT2D eigenvalue weighted by atomic mass is 19.1. The van der Waals surface area contributed by atoms with Crippen LogP contribution in [0.3, 0.4) is 0 Å². The van der Waals surface area contributed by atoms with Gasteiger partial charge in [-0.1, -0.05) is 0 Å². The molecule has 94 valence electrons. The van der Waals surface area contributed by atoms with Gasteiger partial charge in [0.2, 0.25) is 5.91 Å². The SMILES string of the molecule is N#Cc1cc(F)cc(CNCC(=O)NC2CC2)c1. The van der Waals surface area contributed by atoms with Gasteiger partial charge < -0.3 is 10.6 Å². The Bertz CT molecular complexity index is 491. The third-order valence-electron chi connectivity index (χ3n) is 2.64. The fourth-order valence-corrected chi connectivity index (χ4v) is 1.64. The number of hydrogen-bond donors (Lipinski definition) is 2. The molecule has 1 aromatic rings. The van der Waals surface area contributed by atoms with Gasteiger partial charge in [-0.05, 0) is 36.6 Å². The van der Waals surface area contributed by atoms with Crippen molar-refractivity contribution in [3.63, 3.8) is 0 Å². The molecule has 0 saturated heterocycles. The van der Waals surface area contributed by atoms with Crippen LogP contribution < -0.4 is 10.6 Å². The van der Waals surface area contributed by atoms with Gasteiger partial charge in [-0.3, -0.25) is 4.79 Å². The van der Waals surface area contributed by atoms with E-state index in [1.807, 2.05) is 6.07 Å². The van der Waals surface area contributed by atoms with Crippen LogP contribution in [0.25, 0.3) is 0 Å². The highest BCUT2D eigenvalue weighted by Crippen LogP contribution is 2.18. The molecule has 0 aliphatic heterocycles. The van der Waals surface area contributed by atoms with Crippen LogP contribution >= 0.6 is 0 Å². The molecule has 2 N–H and O–H groups in total. The Labute approximate surface area is 105 Å². The highest BCUT2D eigenvalue weighted by Gasteiger charge is 2.22. The summed E-state index contributed by atoms with van der Waals surface area (Å²) in [7, 11) is 0. The molecule has 0 bridgehead atoms. The first-order valence-electron chi connectivity index (χ1n) is 5.87. The average molecular weight is 247 g/mol. The van der Waals surface area contributed by atoms with Gasteiger partial charge in [-0.25, -0.2) is 4.39 Å². The number of benzene rings is 1. The van der Waals surface area contributed by atoms with Gasteiger partial charge in [0.1, 0.15) is 5.82 Å². The third kappa shape index (κ3) is 3.82. The largest absolute Gasteiger partial charge is 0.352 e. The van der Waals surface area contributed by atoms with Crippen LogP contribution in [0.15, 0.2) is 18.2 Å². The van der Waals surface area contributed by atoms with Gasteiger partial charge in [0.15, 0.2) is 0 Å². The molecule has 18 heavy (non-hydrogen) atoms. The minimum Gasteiger partial charge on any atom is -0.352 e. The molecule has 1 aliphatic carbocycles. The summed E-state index contributed by atoms with van der Waals surface area (Å²) in [6, 6.07) is 6.38. The van der Waals surface area contributed by atoms with Gasteiger partial charge in [0.25, 0.3) is 0 Å². The number of amides is 1. The summed E-state index contributed by atoms with van der Waals surface area (Å²) in [5, 5.41) is 14.5. The number of rotatable bonds is 5. The molecule has 4 nitrogen and oxygen atoms in total. The quantitative estimate of drug-likeness (QED) is 0.818. The van der Waals surface area contributed by atoms with Gasteiger partial charge >= 0.3 is 0 Å². The third-order valence-corrected chi connectivity index (χ3v) is 2.64. The smallest absolute Gasteiger partial charge is 0.234 e. The summed E-state index contributed by atoms with van der Waals surface area (Å²) in [4.78, 5) is 11.4. The van der Waals surface area contributed by atoms with Crippen molar-refractivity contribution in [1.82, 2.24) is 10.6 Å². The maximum atomic E-state index is 13.1. The molecule has 0 heterocycles. The predicted molar refractivity (Wildman–Crippen MR) is 64.0 cm³/mol. The van der Waals surface area contributed by atoms with Crippen LogP contribution in [0.5, 0.6) is 0 Å². The van der Waals surface area contributed by atoms with Crippen LogP contribution in [0.4, 0.5) is 4.39 Å². The van der Waals surface area contributed by atoms with E-state index in [4.69, 9.17) is 5.26 Å². The topological polar surface area (TPSA) is 64.9 Å². The van der Waals surface area contributed by atoms with Crippen LogP contribution in [0.2, 0.25) is 0 Å².